The Kier molecular flexibility index (Phi) is 5.38. The summed E-state index contributed by atoms with van der Waals surface area (Å²) in [4.78, 5) is 37.9. The lowest BCUT2D eigenvalue weighted by Gasteiger charge is -2.19. The Hall–Kier alpha value is -2.58. The summed E-state index contributed by atoms with van der Waals surface area (Å²) in [6.45, 7) is 0.00572. The summed E-state index contributed by atoms with van der Waals surface area (Å²) in [6.07, 6.45) is -1.56. The maximum atomic E-state index is 12.3. The first-order chi connectivity index (χ1) is 12.7. The van der Waals surface area contributed by atoms with Gasteiger partial charge in [-0.25, -0.2) is 0 Å². The predicted molar refractivity (Wildman–Crippen MR) is 88.5 cm³/mol. The number of halogens is 3. The maximum absolute atomic E-state index is 12.3. The number of hydrogen-bond donors (Lipinski definition) is 1. The van der Waals surface area contributed by atoms with Gasteiger partial charge in [-0.3, -0.25) is 19.3 Å². The van der Waals surface area contributed by atoms with Crippen LogP contribution < -0.4 is 10.1 Å². The molecule has 1 aliphatic heterocycles. The predicted octanol–water partition coefficient (Wildman–Crippen LogP) is 3.09. The third-order valence-corrected chi connectivity index (χ3v) is 4.87. The number of rotatable bonds is 5. The summed E-state index contributed by atoms with van der Waals surface area (Å²) >= 11 is 0. The molecular formula is C18H19F3N2O4. The summed E-state index contributed by atoms with van der Waals surface area (Å²) in [6, 6.07) is 4.72. The van der Waals surface area contributed by atoms with Gasteiger partial charge >= 0.3 is 6.36 Å². The molecule has 9 heteroatoms. The van der Waals surface area contributed by atoms with Gasteiger partial charge in [0.25, 0.3) is 0 Å². The lowest BCUT2D eigenvalue weighted by Crippen LogP contribution is -2.34. The number of imide groups is 1. The molecule has 0 aromatic heterocycles. The Balaban J connectivity index is 1.51. The van der Waals surface area contributed by atoms with Crippen molar-refractivity contribution in [2.24, 2.45) is 11.8 Å². The summed E-state index contributed by atoms with van der Waals surface area (Å²) < 4.78 is 40.1. The minimum absolute atomic E-state index is 0.00572. The van der Waals surface area contributed by atoms with Gasteiger partial charge in [-0.2, -0.15) is 0 Å². The quantitative estimate of drug-likeness (QED) is 0.792. The monoisotopic (exact) mass is 384 g/mol. The summed E-state index contributed by atoms with van der Waals surface area (Å²) in [5, 5.41) is 2.52. The average Bonchev–Trinajstić information content (AvgIpc) is 2.85. The van der Waals surface area contributed by atoms with Crippen molar-refractivity contribution in [1.82, 2.24) is 4.90 Å². The number of anilines is 1. The number of nitrogens with one attached hydrogen (secondary N) is 1. The van der Waals surface area contributed by atoms with Crippen LogP contribution >= 0.6 is 0 Å². The fourth-order valence-corrected chi connectivity index (χ4v) is 3.63. The van der Waals surface area contributed by atoms with Crippen molar-refractivity contribution in [3.8, 4) is 5.75 Å². The topological polar surface area (TPSA) is 75.7 Å². The van der Waals surface area contributed by atoms with Crippen molar-refractivity contribution in [3.63, 3.8) is 0 Å². The molecule has 146 valence electrons. The summed E-state index contributed by atoms with van der Waals surface area (Å²) in [5.41, 5.74) is 0.294. The Morgan fingerprint density at radius 3 is 2.15 bits per heavy atom. The Labute approximate surface area is 153 Å². The molecule has 2 aliphatic rings. The Morgan fingerprint density at radius 1 is 1.07 bits per heavy atom. The number of carbonyl (C=O) groups is 3. The molecule has 27 heavy (non-hydrogen) atoms. The smallest absolute Gasteiger partial charge is 0.406 e. The fourth-order valence-electron chi connectivity index (χ4n) is 3.63. The van der Waals surface area contributed by atoms with E-state index in [4.69, 9.17) is 0 Å². The van der Waals surface area contributed by atoms with E-state index in [2.05, 4.69) is 10.1 Å². The van der Waals surface area contributed by atoms with Gasteiger partial charge in [0.1, 0.15) is 5.75 Å². The van der Waals surface area contributed by atoms with Crippen LogP contribution in [0.25, 0.3) is 0 Å². The van der Waals surface area contributed by atoms with Crippen LogP contribution in [0.15, 0.2) is 24.3 Å². The highest BCUT2D eigenvalue weighted by Crippen LogP contribution is 2.38. The molecule has 0 radical (unpaired) electrons. The summed E-state index contributed by atoms with van der Waals surface area (Å²) in [5.74, 6) is -1.74. The van der Waals surface area contributed by atoms with E-state index in [1.54, 1.807) is 0 Å². The van der Waals surface area contributed by atoms with Gasteiger partial charge in [-0.1, -0.05) is 12.8 Å². The van der Waals surface area contributed by atoms with E-state index in [0.717, 1.165) is 25.0 Å². The molecular weight excluding hydrogens is 365 g/mol. The first-order valence-electron chi connectivity index (χ1n) is 8.75. The first-order valence-corrected chi connectivity index (χ1v) is 8.75. The molecule has 1 N–H and O–H groups in total. The van der Waals surface area contributed by atoms with Crippen LogP contribution in [0, 0.1) is 11.8 Å². The van der Waals surface area contributed by atoms with Gasteiger partial charge in [0.05, 0.1) is 11.8 Å². The second-order valence-corrected chi connectivity index (χ2v) is 6.70. The fraction of sp³-hybridized carbons (Fsp3) is 0.500. The summed E-state index contributed by atoms with van der Waals surface area (Å²) in [7, 11) is 0. The highest BCUT2D eigenvalue weighted by Gasteiger charge is 2.47. The highest BCUT2D eigenvalue weighted by atomic mass is 19.4. The molecule has 0 unspecified atom stereocenters. The molecule has 3 rings (SSSR count). The van der Waals surface area contributed by atoms with Gasteiger partial charge in [-0.15, -0.1) is 13.2 Å². The number of alkyl halides is 3. The van der Waals surface area contributed by atoms with Gasteiger partial charge in [-0.05, 0) is 37.1 Å². The van der Waals surface area contributed by atoms with Crippen LogP contribution in [0.1, 0.15) is 32.1 Å². The molecule has 1 aromatic carbocycles. The molecule has 2 atom stereocenters. The molecule has 1 heterocycles. The van der Waals surface area contributed by atoms with Crippen LogP contribution in [0.3, 0.4) is 0 Å². The van der Waals surface area contributed by atoms with E-state index in [0.29, 0.717) is 18.5 Å². The minimum atomic E-state index is -4.78. The van der Waals surface area contributed by atoms with Gasteiger partial charge in [0.2, 0.25) is 17.7 Å². The SMILES string of the molecule is O=C(CCN1C(=O)[C@H]2CCCC[C@@H]2C1=O)Nc1ccc(OC(F)(F)F)cc1. The largest absolute Gasteiger partial charge is 0.573 e. The minimum Gasteiger partial charge on any atom is -0.406 e. The molecule has 6 nitrogen and oxygen atoms in total. The second kappa shape index (κ2) is 7.58. The van der Waals surface area contributed by atoms with Crippen LogP contribution in [0.5, 0.6) is 5.75 Å². The number of likely N-dealkylation sites (tertiary alicyclic amines) is 1. The number of nitrogens with zero attached hydrogens (tertiary/aromatic N) is 1. The number of carbonyl (C=O) groups excluding carboxylic acids is 3. The van der Waals surface area contributed by atoms with E-state index in [9.17, 15) is 27.6 Å². The van der Waals surface area contributed by atoms with Crippen molar-refractivity contribution < 1.29 is 32.3 Å². The first kappa shape index (κ1) is 19.2. The lowest BCUT2D eigenvalue weighted by atomic mass is 9.81. The molecule has 1 aliphatic carbocycles. The van der Waals surface area contributed by atoms with Gasteiger partial charge < -0.3 is 10.1 Å². The highest BCUT2D eigenvalue weighted by molar-refractivity contribution is 6.05. The van der Waals surface area contributed by atoms with Crippen molar-refractivity contribution in [3.05, 3.63) is 24.3 Å². The van der Waals surface area contributed by atoms with E-state index < -0.39 is 18.0 Å². The van der Waals surface area contributed by atoms with Gasteiger partial charge in [0, 0.05) is 18.7 Å². The Bertz CT molecular complexity index is 709. The van der Waals surface area contributed by atoms with Crippen molar-refractivity contribution in [1.29, 1.82) is 0 Å². The van der Waals surface area contributed by atoms with Crippen LogP contribution in [-0.2, 0) is 14.4 Å². The van der Waals surface area contributed by atoms with Crippen LogP contribution in [-0.4, -0.2) is 35.5 Å². The van der Waals surface area contributed by atoms with Crippen LogP contribution in [0.4, 0.5) is 18.9 Å². The molecule has 0 spiro atoms. The van der Waals surface area contributed by atoms with Gasteiger partial charge in [0.15, 0.2) is 0 Å². The zero-order valence-electron chi connectivity index (χ0n) is 14.4. The zero-order valence-corrected chi connectivity index (χ0v) is 14.4. The lowest BCUT2D eigenvalue weighted by molar-refractivity contribution is -0.274. The number of ether oxygens (including phenoxy) is 1. The van der Waals surface area contributed by atoms with E-state index in [1.165, 1.54) is 17.0 Å². The van der Waals surface area contributed by atoms with Crippen molar-refractivity contribution in [2.45, 2.75) is 38.5 Å². The zero-order chi connectivity index (χ0) is 19.6. The number of fused-ring (bicyclic) bond motifs is 1. The molecule has 2 fully saturated rings. The molecule has 1 saturated heterocycles. The third-order valence-electron chi connectivity index (χ3n) is 4.87. The number of benzene rings is 1. The van der Waals surface area contributed by atoms with E-state index in [-0.39, 0.29) is 36.6 Å². The molecule has 3 amide bonds. The van der Waals surface area contributed by atoms with E-state index >= 15 is 0 Å². The molecule has 1 saturated carbocycles. The molecule has 1 aromatic rings. The van der Waals surface area contributed by atoms with Crippen molar-refractivity contribution >= 4 is 23.4 Å². The number of amides is 3. The normalized spacial score (nSPS) is 22.6. The second-order valence-electron chi connectivity index (χ2n) is 6.70. The molecule has 0 bridgehead atoms. The van der Waals surface area contributed by atoms with Crippen molar-refractivity contribution in [2.75, 3.05) is 11.9 Å². The Morgan fingerprint density at radius 2 is 1.63 bits per heavy atom. The maximum Gasteiger partial charge on any atom is 0.573 e. The van der Waals surface area contributed by atoms with E-state index in [1.807, 2.05) is 0 Å². The average molecular weight is 384 g/mol. The van der Waals surface area contributed by atoms with Crippen LogP contribution in [0.2, 0.25) is 0 Å². The standard InChI is InChI=1S/C18H19F3N2O4/c19-18(20,21)27-12-7-5-11(6-8-12)22-15(24)9-10-23-16(25)13-3-1-2-4-14(13)17(23)26/h5-8,13-14H,1-4,9-10H2,(H,22,24)/t13-,14-/m0/s1. The number of hydrogen-bond acceptors (Lipinski definition) is 4. The third kappa shape index (κ3) is 4.58.